The first-order valence-corrected chi connectivity index (χ1v) is 6.70. The molecule has 0 aliphatic carbocycles. The van der Waals surface area contributed by atoms with Gasteiger partial charge >= 0.3 is 0 Å². The third-order valence-corrected chi connectivity index (χ3v) is 3.46. The predicted octanol–water partition coefficient (Wildman–Crippen LogP) is 5.41. The van der Waals surface area contributed by atoms with E-state index in [4.69, 9.17) is 11.6 Å². The molecular weight excluding hydrogens is 317 g/mol. The Morgan fingerprint density at radius 3 is 2.67 bits per heavy atom. The summed E-state index contributed by atoms with van der Waals surface area (Å²) >= 11 is 9.42. The van der Waals surface area contributed by atoms with E-state index in [9.17, 15) is 4.39 Å². The molecule has 1 N–H and O–H groups in total. The van der Waals surface area contributed by atoms with Gasteiger partial charge in [-0.05, 0) is 42.8 Å². The first-order chi connectivity index (χ1) is 8.56. The van der Waals surface area contributed by atoms with Crippen molar-refractivity contribution in [3.05, 3.63) is 63.3 Å². The lowest BCUT2D eigenvalue weighted by Crippen LogP contribution is -2.07. The van der Waals surface area contributed by atoms with Crippen molar-refractivity contribution in [2.75, 3.05) is 5.32 Å². The molecule has 18 heavy (non-hydrogen) atoms. The summed E-state index contributed by atoms with van der Waals surface area (Å²) in [7, 11) is 0. The van der Waals surface area contributed by atoms with Crippen molar-refractivity contribution in [2.24, 2.45) is 0 Å². The van der Waals surface area contributed by atoms with Crippen LogP contribution in [0.4, 0.5) is 10.1 Å². The molecule has 1 nitrogen and oxygen atoms in total. The van der Waals surface area contributed by atoms with Gasteiger partial charge in [-0.25, -0.2) is 4.39 Å². The second kappa shape index (κ2) is 5.72. The van der Waals surface area contributed by atoms with Gasteiger partial charge in [0.1, 0.15) is 5.82 Å². The van der Waals surface area contributed by atoms with E-state index in [0.29, 0.717) is 5.02 Å². The van der Waals surface area contributed by atoms with Gasteiger partial charge in [-0.15, -0.1) is 0 Å². The van der Waals surface area contributed by atoms with Crippen molar-refractivity contribution in [3.8, 4) is 0 Å². The average Bonchev–Trinajstić information content (AvgIpc) is 2.32. The van der Waals surface area contributed by atoms with Crippen LogP contribution < -0.4 is 5.32 Å². The highest BCUT2D eigenvalue weighted by molar-refractivity contribution is 9.10. The van der Waals surface area contributed by atoms with E-state index in [0.717, 1.165) is 15.7 Å². The minimum Gasteiger partial charge on any atom is -0.377 e. The molecule has 0 aliphatic heterocycles. The second-order valence-corrected chi connectivity index (χ2v) is 5.37. The SMILES string of the molecule is CC(Nc1ccc(F)cc1Cl)c1cccc(Br)c1. The highest BCUT2D eigenvalue weighted by Gasteiger charge is 2.08. The van der Waals surface area contributed by atoms with Crippen LogP contribution in [0, 0.1) is 5.82 Å². The fraction of sp³-hybridized carbons (Fsp3) is 0.143. The van der Waals surface area contributed by atoms with Crippen LogP contribution in [0.15, 0.2) is 46.9 Å². The van der Waals surface area contributed by atoms with Crippen molar-refractivity contribution < 1.29 is 4.39 Å². The Morgan fingerprint density at radius 2 is 2.00 bits per heavy atom. The molecule has 4 heteroatoms. The van der Waals surface area contributed by atoms with E-state index in [-0.39, 0.29) is 11.9 Å². The normalized spacial score (nSPS) is 12.2. The second-order valence-electron chi connectivity index (χ2n) is 4.05. The smallest absolute Gasteiger partial charge is 0.124 e. The number of halogens is 3. The lowest BCUT2D eigenvalue weighted by atomic mass is 10.1. The molecule has 1 unspecified atom stereocenters. The van der Waals surface area contributed by atoms with Crippen molar-refractivity contribution >= 4 is 33.2 Å². The van der Waals surface area contributed by atoms with Gasteiger partial charge in [0, 0.05) is 10.5 Å². The Balaban J connectivity index is 2.18. The molecule has 2 rings (SSSR count). The molecule has 0 aromatic heterocycles. The number of hydrogen-bond acceptors (Lipinski definition) is 1. The molecule has 2 aromatic carbocycles. The number of benzene rings is 2. The molecule has 0 radical (unpaired) electrons. The van der Waals surface area contributed by atoms with E-state index in [2.05, 4.69) is 21.2 Å². The standard InChI is InChI=1S/C14H12BrClFN/c1-9(10-3-2-4-11(15)7-10)18-14-6-5-12(17)8-13(14)16/h2-9,18H,1H3. The topological polar surface area (TPSA) is 12.0 Å². The number of hydrogen-bond donors (Lipinski definition) is 1. The summed E-state index contributed by atoms with van der Waals surface area (Å²) in [6, 6.07) is 12.4. The first kappa shape index (κ1) is 13.4. The summed E-state index contributed by atoms with van der Waals surface area (Å²) in [4.78, 5) is 0. The summed E-state index contributed by atoms with van der Waals surface area (Å²) in [5.41, 5.74) is 1.86. The number of anilines is 1. The van der Waals surface area contributed by atoms with Crippen LogP contribution in [-0.4, -0.2) is 0 Å². The quantitative estimate of drug-likeness (QED) is 0.794. The van der Waals surface area contributed by atoms with Gasteiger partial charge < -0.3 is 5.32 Å². The van der Waals surface area contributed by atoms with Crippen LogP contribution in [-0.2, 0) is 0 Å². The zero-order valence-electron chi connectivity index (χ0n) is 9.75. The van der Waals surface area contributed by atoms with Crippen LogP contribution in [0.5, 0.6) is 0 Å². The Hall–Kier alpha value is -1.06. The largest absolute Gasteiger partial charge is 0.377 e. The minimum absolute atomic E-state index is 0.0884. The van der Waals surface area contributed by atoms with Crippen LogP contribution in [0.2, 0.25) is 5.02 Å². The van der Waals surface area contributed by atoms with Crippen molar-refractivity contribution in [1.82, 2.24) is 0 Å². The fourth-order valence-corrected chi connectivity index (χ4v) is 2.34. The van der Waals surface area contributed by atoms with E-state index in [1.165, 1.54) is 12.1 Å². The summed E-state index contributed by atoms with van der Waals surface area (Å²) in [6.07, 6.45) is 0. The lowest BCUT2D eigenvalue weighted by Gasteiger charge is -2.17. The maximum absolute atomic E-state index is 12.9. The van der Waals surface area contributed by atoms with Crippen molar-refractivity contribution in [1.29, 1.82) is 0 Å². The summed E-state index contributed by atoms with van der Waals surface area (Å²) in [5, 5.41) is 3.65. The maximum Gasteiger partial charge on any atom is 0.124 e. The molecule has 0 heterocycles. The molecule has 94 valence electrons. The van der Waals surface area contributed by atoms with Gasteiger partial charge in [-0.3, -0.25) is 0 Å². The molecule has 2 aromatic rings. The zero-order chi connectivity index (χ0) is 13.1. The van der Waals surface area contributed by atoms with Gasteiger partial charge in [-0.1, -0.05) is 39.7 Å². The highest BCUT2D eigenvalue weighted by atomic mass is 79.9. The van der Waals surface area contributed by atoms with Crippen LogP contribution in [0.3, 0.4) is 0 Å². The number of rotatable bonds is 3. The average molecular weight is 329 g/mol. The summed E-state index contributed by atoms with van der Waals surface area (Å²) in [5.74, 6) is -0.333. The zero-order valence-corrected chi connectivity index (χ0v) is 12.1. The summed E-state index contributed by atoms with van der Waals surface area (Å²) in [6.45, 7) is 2.03. The van der Waals surface area contributed by atoms with E-state index in [1.807, 2.05) is 31.2 Å². The molecular formula is C14H12BrClFN. The lowest BCUT2D eigenvalue weighted by molar-refractivity contribution is 0.628. The molecule has 0 saturated heterocycles. The monoisotopic (exact) mass is 327 g/mol. The third-order valence-electron chi connectivity index (χ3n) is 2.65. The van der Waals surface area contributed by atoms with E-state index in [1.54, 1.807) is 6.07 Å². The summed E-state index contributed by atoms with van der Waals surface area (Å²) < 4.78 is 14.0. The Labute approximate surface area is 119 Å². The van der Waals surface area contributed by atoms with E-state index < -0.39 is 0 Å². The Kier molecular flexibility index (Phi) is 4.25. The first-order valence-electron chi connectivity index (χ1n) is 5.53. The van der Waals surface area contributed by atoms with Crippen LogP contribution in [0.1, 0.15) is 18.5 Å². The predicted molar refractivity (Wildman–Crippen MR) is 77.6 cm³/mol. The van der Waals surface area contributed by atoms with Gasteiger partial charge in [0.05, 0.1) is 10.7 Å². The molecule has 0 bridgehead atoms. The molecule has 0 amide bonds. The van der Waals surface area contributed by atoms with Gasteiger partial charge in [0.25, 0.3) is 0 Å². The highest BCUT2D eigenvalue weighted by Crippen LogP contribution is 2.27. The van der Waals surface area contributed by atoms with Crippen molar-refractivity contribution in [2.45, 2.75) is 13.0 Å². The Bertz CT molecular complexity index is 559. The van der Waals surface area contributed by atoms with Gasteiger partial charge in [-0.2, -0.15) is 0 Å². The van der Waals surface area contributed by atoms with Crippen molar-refractivity contribution in [3.63, 3.8) is 0 Å². The van der Waals surface area contributed by atoms with Crippen LogP contribution >= 0.6 is 27.5 Å². The van der Waals surface area contributed by atoms with E-state index >= 15 is 0 Å². The fourth-order valence-electron chi connectivity index (χ4n) is 1.70. The minimum atomic E-state index is -0.333. The van der Waals surface area contributed by atoms with Gasteiger partial charge in [0.2, 0.25) is 0 Å². The molecule has 1 atom stereocenters. The van der Waals surface area contributed by atoms with Gasteiger partial charge in [0.15, 0.2) is 0 Å². The maximum atomic E-state index is 12.9. The molecule has 0 spiro atoms. The molecule has 0 aliphatic rings. The third kappa shape index (κ3) is 3.24. The van der Waals surface area contributed by atoms with Crippen LogP contribution in [0.25, 0.3) is 0 Å². The molecule has 0 saturated carbocycles. The molecule has 0 fully saturated rings. The Morgan fingerprint density at radius 1 is 1.22 bits per heavy atom. The number of nitrogens with one attached hydrogen (secondary N) is 1.